The Morgan fingerprint density at radius 2 is 2.12 bits per heavy atom. The normalized spacial score (nSPS) is 11.0. The molecule has 16 heavy (non-hydrogen) atoms. The van der Waals surface area contributed by atoms with Crippen molar-refractivity contribution in [3.05, 3.63) is 54.8 Å². The van der Waals surface area contributed by atoms with Crippen LogP contribution in [-0.2, 0) is 11.3 Å². The van der Waals surface area contributed by atoms with Crippen LogP contribution in [0.2, 0.25) is 0 Å². The fourth-order valence-corrected chi connectivity index (χ4v) is 1.84. The maximum absolute atomic E-state index is 10.3. The number of fused-ring (bicyclic) bond motifs is 1. The Kier molecular flexibility index (Phi) is 3.01. The summed E-state index contributed by atoms with van der Waals surface area (Å²) in [6.07, 6.45) is 5.96. The van der Waals surface area contributed by atoms with E-state index in [1.54, 1.807) is 0 Å². The van der Waals surface area contributed by atoms with Crippen LogP contribution in [-0.4, -0.2) is 10.9 Å². The number of nitrogens with zero attached hydrogens (tertiary/aromatic N) is 1. The van der Waals surface area contributed by atoms with E-state index >= 15 is 0 Å². The standard InChI is InChI=1S/C14H13NO/c1-2-9-15-13(7-5-10-16)11-12-6-3-4-8-14(12)15/h2-8,10-11H,1,9H2/b7-5+. The minimum Gasteiger partial charge on any atom is -0.337 e. The van der Waals surface area contributed by atoms with Crippen LogP contribution in [0.25, 0.3) is 17.0 Å². The predicted octanol–water partition coefficient (Wildman–Crippen LogP) is 3.04. The van der Waals surface area contributed by atoms with Crippen LogP contribution in [0.4, 0.5) is 0 Å². The molecule has 0 aliphatic heterocycles. The molecule has 80 valence electrons. The Morgan fingerprint density at radius 1 is 1.31 bits per heavy atom. The average molecular weight is 211 g/mol. The molecule has 0 N–H and O–H groups in total. The van der Waals surface area contributed by atoms with E-state index < -0.39 is 0 Å². The van der Waals surface area contributed by atoms with E-state index in [9.17, 15) is 4.79 Å². The summed E-state index contributed by atoms with van der Waals surface area (Å²) in [6.45, 7) is 4.49. The van der Waals surface area contributed by atoms with Gasteiger partial charge in [0.05, 0.1) is 0 Å². The van der Waals surface area contributed by atoms with Crippen LogP contribution < -0.4 is 0 Å². The summed E-state index contributed by atoms with van der Waals surface area (Å²) in [6, 6.07) is 10.2. The van der Waals surface area contributed by atoms with Gasteiger partial charge in [0.2, 0.25) is 0 Å². The van der Waals surface area contributed by atoms with E-state index in [1.165, 1.54) is 11.5 Å². The molecule has 0 fully saturated rings. The van der Waals surface area contributed by atoms with Crippen molar-refractivity contribution in [2.24, 2.45) is 0 Å². The third-order valence-corrected chi connectivity index (χ3v) is 2.50. The molecular formula is C14H13NO. The third kappa shape index (κ3) is 1.82. The van der Waals surface area contributed by atoms with Gasteiger partial charge in [0.25, 0.3) is 0 Å². The number of para-hydroxylation sites is 1. The summed E-state index contributed by atoms with van der Waals surface area (Å²) < 4.78 is 2.13. The van der Waals surface area contributed by atoms with Crippen molar-refractivity contribution in [1.29, 1.82) is 0 Å². The second kappa shape index (κ2) is 4.62. The highest BCUT2D eigenvalue weighted by molar-refractivity contribution is 5.85. The second-order valence-corrected chi connectivity index (χ2v) is 3.52. The van der Waals surface area contributed by atoms with E-state index in [-0.39, 0.29) is 0 Å². The van der Waals surface area contributed by atoms with Crippen molar-refractivity contribution in [2.45, 2.75) is 6.54 Å². The number of allylic oxidation sites excluding steroid dienone is 2. The lowest BCUT2D eigenvalue weighted by atomic mass is 10.2. The Balaban J connectivity index is 2.62. The summed E-state index contributed by atoms with van der Waals surface area (Å²) in [5.74, 6) is 0. The van der Waals surface area contributed by atoms with E-state index in [2.05, 4.69) is 29.3 Å². The highest BCUT2D eigenvalue weighted by atomic mass is 16.1. The minimum atomic E-state index is 0.742. The first kappa shape index (κ1) is 10.4. The van der Waals surface area contributed by atoms with E-state index in [1.807, 2.05) is 24.3 Å². The molecule has 1 aromatic carbocycles. The van der Waals surface area contributed by atoms with Crippen molar-refractivity contribution >= 4 is 23.3 Å². The van der Waals surface area contributed by atoms with Gasteiger partial charge in [-0.1, -0.05) is 24.3 Å². The Hall–Kier alpha value is -2.09. The van der Waals surface area contributed by atoms with Crippen molar-refractivity contribution in [1.82, 2.24) is 4.57 Å². The quantitative estimate of drug-likeness (QED) is 0.433. The molecule has 2 aromatic rings. The lowest BCUT2D eigenvalue weighted by molar-refractivity contribution is -0.104. The zero-order valence-electron chi connectivity index (χ0n) is 8.97. The largest absolute Gasteiger partial charge is 0.337 e. The van der Waals surface area contributed by atoms with Crippen LogP contribution in [0.5, 0.6) is 0 Å². The Morgan fingerprint density at radius 3 is 2.88 bits per heavy atom. The Bertz CT molecular complexity index is 549. The van der Waals surface area contributed by atoms with Gasteiger partial charge in [0, 0.05) is 23.1 Å². The van der Waals surface area contributed by atoms with Gasteiger partial charge in [0.1, 0.15) is 6.29 Å². The minimum absolute atomic E-state index is 0.742. The van der Waals surface area contributed by atoms with Gasteiger partial charge in [-0.3, -0.25) is 4.79 Å². The number of aromatic nitrogens is 1. The molecule has 0 aliphatic carbocycles. The molecule has 1 heterocycles. The molecule has 0 bridgehead atoms. The number of carbonyl (C=O) groups is 1. The molecule has 0 aliphatic rings. The van der Waals surface area contributed by atoms with Crippen LogP contribution in [0.15, 0.2) is 49.1 Å². The average Bonchev–Trinajstić information content (AvgIpc) is 2.66. The van der Waals surface area contributed by atoms with Crippen molar-refractivity contribution in [3.63, 3.8) is 0 Å². The van der Waals surface area contributed by atoms with Gasteiger partial charge < -0.3 is 4.57 Å². The first-order valence-electron chi connectivity index (χ1n) is 5.18. The van der Waals surface area contributed by atoms with Crippen LogP contribution in [0.3, 0.4) is 0 Å². The van der Waals surface area contributed by atoms with Crippen LogP contribution in [0, 0.1) is 0 Å². The molecule has 0 unspecified atom stereocenters. The lowest BCUT2D eigenvalue weighted by Crippen LogP contribution is -1.96. The summed E-state index contributed by atoms with van der Waals surface area (Å²) in [5, 5.41) is 1.18. The molecule has 1 aromatic heterocycles. The van der Waals surface area contributed by atoms with Crippen molar-refractivity contribution in [2.75, 3.05) is 0 Å². The maximum atomic E-state index is 10.3. The van der Waals surface area contributed by atoms with Gasteiger partial charge in [-0.25, -0.2) is 0 Å². The van der Waals surface area contributed by atoms with Crippen LogP contribution >= 0.6 is 0 Å². The van der Waals surface area contributed by atoms with Gasteiger partial charge >= 0.3 is 0 Å². The van der Waals surface area contributed by atoms with E-state index in [0.717, 1.165) is 24.0 Å². The molecule has 2 nitrogen and oxygen atoms in total. The Labute approximate surface area is 94.5 Å². The third-order valence-electron chi connectivity index (χ3n) is 2.50. The molecule has 0 radical (unpaired) electrons. The summed E-state index contributed by atoms with van der Waals surface area (Å²) in [7, 11) is 0. The molecule has 0 spiro atoms. The fourth-order valence-electron chi connectivity index (χ4n) is 1.84. The summed E-state index contributed by atoms with van der Waals surface area (Å²) in [5.41, 5.74) is 2.18. The molecule has 2 heteroatoms. The van der Waals surface area contributed by atoms with E-state index in [0.29, 0.717) is 0 Å². The zero-order valence-corrected chi connectivity index (χ0v) is 8.97. The van der Waals surface area contributed by atoms with Crippen molar-refractivity contribution < 1.29 is 4.79 Å². The lowest BCUT2D eigenvalue weighted by Gasteiger charge is -2.04. The fraction of sp³-hybridized carbons (Fsp3) is 0.0714. The number of hydrogen-bond acceptors (Lipinski definition) is 1. The number of rotatable bonds is 4. The predicted molar refractivity (Wildman–Crippen MR) is 67.2 cm³/mol. The molecule has 0 saturated carbocycles. The van der Waals surface area contributed by atoms with Gasteiger partial charge in [-0.2, -0.15) is 0 Å². The SMILES string of the molecule is C=CCn1c(/C=C/C=O)cc2ccccc21. The van der Waals surface area contributed by atoms with Gasteiger partial charge in [-0.15, -0.1) is 6.58 Å². The number of carbonyl (C=O) groups excluding carboxylic acids is 1. The van der Waals surface area contributed by atoms with Crippen LogP contribution in [0.1, 0.15) is 5.69 Å². The maximum Gasteiger partial charge on any atom is 0.142 e. The van der Waals surface area contributed by atoms with Crippen molar-refractivity contribution in [3.8, 4) is 0 Å². The van der Waals surface area contributed by atoms with E-state index in [4.69, 9.17) is 0 Å². The monoisotopic (exact) mass is 211 g/mol. The first-order valence-corrected chi connectivity index (χ1v) is 5.18. The number of hydrogen-bond donors (Lipinski definition) is 0. The first-order chi connectivity index (χ1) is 7.86. The molecule has 0 saturated heterocycles. The number of benzene rings is 1. The highest BCUT2D eigenvalue weighted by Gasteiger charge is 2.03. The molecule has 2 rings (SSSR count). The highest BCUT2D eigenvalue weighted by Crippen LogP contribution is 2.20. The smallest absolute Gasteiger partial charge is 0.142 e. The second-order valence-electron chi connectivity index (χ2n) is 3.52. The summed E-state index contributed by atoms with van der Waals surface area (Å²) in [4.78, 5) is 10.3. The topological polar surface area (TPSA) is 22.0 Å². The molecule has 0 amide bonds. The molecule has 0 atom stereocenters. The van der Waals surface area contributed by atoms with Gasteiger partial charge in [-0.05, 0) is 24.3 Å². The van der Waals surface area contributed by atoms with Gasteiger partial charge in [0.15, 0.2) is 0 Å². The zero-order chi connectivity index (χ0) is 11.4. The summed E-state index contributed by atoms with van der Waals surface area (Å²) >= 11 is 0. The number of aldehydes is 1. The molecular weight excluding hydrogens is 198 g/mol.